The van der Waals surface area contributed by atoms with Gasteiger partial charge in [0.15, 0.2) is 0 Å². The smallest absolute Gasteiger partial charge is 0.0554 e. The highest BCUT2D eigenvalue weighted by molar-refractivity contribution is 7.26. The number of hydrogen-bond acceptors (Lipinski definition) is 2. The molecule has 10 rings (SSSR count). The quantitative estimate of drug-likeness (QED) is 0.190. The van der Waals surface area contributed by atoms with Crippen molar-refractivity contribution in [3.8, 4) is 5.69 Å². The van der Waals surface area contributed by atoms with Gasteiger partial charge in [0.1, 0.15) is 0 Å². The molecule has 0 fully saturated rings. The second-order valence-electron chi connectivity index (χ2n) is 12.4. The minimum Gasteiger partial charge on any atom is -0.310 e. The lowest BCUT2D eigenvalue weighted by Gasteiger charge is -2.26. The monoisotopic (exact) mass is 618 g/mol. The van der Waals surface area contributed by atoms with Crippen LogP contribution in [0.5, 0.6) is 0 Å². The molecule has 0 amide bonds. The largest absolute Gasteiger partial charge is 0.310 e. The molecule has 2 aromatic heterocycles. The highest BCUT2D eigenvalue weighted by atomic mass is 32.1. The van der Waals surface area contributed by atoms with E-state index in [0.29, 0.717) is 0 Å². The number of fused-ring (bicyclic) bond motifs is 10. The number of thiophene rings is 1. The molecular weight excluding hydrogens is 589 g/mol. The van der Waals surface area contributed by atoms with E-state index < -0.39 is 0 Å². The van der Waals surface area contributed by atoms with Crippen LogP contribution in [0.1, 0.15) is 17.5 Å². The Morgan fingerprint density at radius 2 is 1.38 bits per heavy atom. The van der Waals surface area contributed by atoms with Gasteiger partial charge in [0.2, 0.25) is 0 Å². The maximum Gasteiger partial charge on any atom is 0.0554 e. The second kappa shape index (κ2) is 10.4. The number of rotatable bonds is 4. The van der Waals surface area contributed by atoms with Crippen LogP contribution in [0.3, 0.4) is 0 Å². The molecule has 47 heavy (non-hydrogen) atoms. The van der Waals surface area contributed by atoms with E-state index in [-0.39, 0.29) is 0 Å². The molecule has 9 aromatic rings. The summed E-state index contributed by atoms with van der Waals surface area (Å²) in [5.41, 5.74) is 9.94. The number of nitrogens with zero attached hydrogens (tertiary/aromatic N) is 2. The zero-order valence-electron chi connectivity index (χ0n) is 25.7. The number of aryl methyl sites for hydroxylation is 1. The van der Waals surface area contributed by atoms with Crippen molar-refractivity contribution in [2.75, 3.05) is 4.90 Å². The van der Waals surface area contributed by atoms with Crippen molar-refractivity contribution < 1.29 is 0 Å². The van der Waals surface area contributed by atoms with E-state index in [1.165, 1.54) is 75.3 Å². The average molecular weight is 619 g/mol. The Hall–Kier alpha value is -5.64. The van der Waals surface area contributed by atoms with Crippen LogP contribution in [0.15, 0.2) is 152 Å². The Kier molecular flexibility index (Phi) is 5.91. The molecule has 0 N–H and O–H groups in total. The van der Waals surface area contributed by atoms with E-state index in [4.69, 9.17) is 0 Å². The Balaban J connectivity index is 1.29. The van der Waals surface area contributed by atoms with Gasteiger partial charge in [-0.3, -0.25) is 0 Å². The number of anilines is 3. The summed E-state index contributed by atoms with van der Waals surface area (Å²) in [6.45, 7) is 0. The summed E-state index contributed by atoms with van der Waals surface area (Å²) in [6, 6.07) is 53.5. The minimum atomic E-state index is 1.08. The molecule has 0 saturated heterocycles. The predicted molar refractivity (Wildman–Crippen MR) is 203 cm³/mol. The molecule has 0 radical (unpaired) electrons. The average Bonchev–Trinajstić information content (AvgIpc) is 3.69. The highest BCUT2D eigenvalue weighted by Crippen LogP contribution is 2.48. The summed E-state index contributed by atoms with van der Waals surface area (Å²) in [5, 5.41) is 7.81. The Morgan fingerprint density at radius 3 is 2.28 bits per heavy atom. The fraction of sp³-hybridized carbons (Fsp3) is 0.0455. The van der Waals surface area contributed by atoms with Crippen molar-refractivity contribution in [2.45, 2.75) is 12.8 Å². The maximum absolute atomic E-state index is 2.46. The van der Waals surface area contributed by atoms with Crippen molar-refractivity contribution in [3.63, 3.8) is 0 Å². The lowest BCUT2D eigenvalue weighted by atomic mass is 9.93. The molecule has 0 unspecified atom stereocenters. The van der Waals surface area contributed by atoms with Gasteiger partial charge < -0.3 is 9.47 Å². The topological polar surface area (TPSA) is 8.17 Å². The first-order valence-electron chi connectivity index (χ1n) is 16.3. The van der Waals surface area contributed by atoms with Gasteiger partial charge in [-0.15, -0.1) is 11.3 Å². The molecule has 0 spiro atoms. The van der Waals surface area contributed by atoms with E-state index in [0.717, 1.165) is 24.2 Å². The van der Waals surface area contributed by atoms with E-state index in [1.54, 1.807) is 0 Å². The third kappa shape index (κ3) is 4.03. The molecule has 1 aliphatic carbocycles. The third-order valence-corrected chi connectivity index (χ3v) is 11.0. The van der Waals surface area contributed by atoms with Crippen molar-refractivity contribution >= 4 is 87.2 Å². The Bertz CT molecular complexity index is 2680. The molecule has 0 bridgehead atoms. The first kappa shape index (κ1) is 26.6. The molecule has 2 heterocycles. The van der Waals surface area contributed by atoms with Crippen LogP contribution in [0.4, 0.5) is 17.1 Å². The van der Waals surface area contributed by atoms with Crippen LogP contribution >= 0.6 is 11.3 Å². The van der Waals surface area contributed by atoms with Gasteiger partial charge >= 0.3 is 0 Å². The minimum absolute atomic E-state index is 1.08. The zero-order chi connectivity index (χ0) is 30.9. The van der Waals surface area contributed by atoms with Crippen LogP contribution in [0.25, 0.3) is 64.5 Å². The SMILES string of the molecule is C1=Cc2c(ccc3c2c2cc(N(c4ccccc4)c4cccc5sc6c7ccccc7ccc6c45)ccc2n3-c2ccccc2)CC1. The molecule has 0 aliphatic heterocycles. The fourth-order valence-corrected chi connectivity index (χ4v) is 9.00. The summed E-state index contributed by atoms with van der Waals surface area (Å²) in [4.78, 5) is 2.46. The zero-order valence-corrected chi connectivity index (χ0v) is 26.5. The summed E-state index contributed by atoms with van der Waals surface area (Å²) in [7, 11) is 0. The van der Waals surface area contributed by atoms with E-state index in [9.17, 15) is 0 Å². The van der Waals surface area contributed by atoms with Crippen LogP contribution in [-0.2, 0) is 6.42 Å². The number of benzene rings is 7. The maximum atomic E-state index is 2.46. The first-order chi connectivity index (χ1) is 23.3. The van der Waals surface area contributed by atoms with Gasteiger partial charge in [-0.1, -0.05) is 97.1 Å². The number of allylic oxidation sites excluding steroid dienone is 1. The van der Waals surface area contributed by atoms with Gasteiger partial charge in [0.25, 0.3) is 0 Å². The summed E-state index contributed by atoms with van der Waals surface area (Å²) >= 11 is 1.90. The summed E-state index contributed by atoms with van der Waals surface area (Å²) < 4.78 is 5.08. The van der Waals surface area contributed by atoms with Gasteiger partial charge in [0.05, 0.1) is 16.7 Å². The van der Waals surface area contributed by atoms with Crippen LogP contribution in [-0.4, -0.2) is 4.57 Å². The van der Waals surface area contributed by atoms with Crippen molar-refractivity contribution in [1.29, 1.82) is 0 Å². The van der Waals surface area contributed by atoms with Crippen LogP contribution in [0, 0.1) is 0 Å². The molecule has 0 atom stereocenters. The normalized spacial score (nSPS) is 12.9. The van der Waals surface area contributed by atoms with Crippen molar-refractivity contribution in [2.24, 2.45) is 0 Å². The van der Waals surface area contributed by atoms with Gasteiger partial charge in [-0.05, 0) is 95.4 Å². The Labute approximate surface area is 277 Å². The molecule has 0 saturated carbocycles. The fourth-order valence-electron chi connectivity index (χ4n) is 7.74. The third-order valence-electron chi connectivity index (χ3n) is 9.80. The van der Waals surface area contributed by atoms with Crippen molar-refractivity contribution in [1.82, 2.24) is 4.57 Å². The van der Waals surface area contributed by atoms with E-state index in [1.807, 2.05) is 11.3 Å². The lowest BCUT2D eigenvalue weighted by molar-refractivity contribution is 0.989. The van der Waals surface area contributed by atoms with Crippen LogP contribution < -0.4 is 4.90 Å². The molecule has 2 nitrogen and oxygen atoms in total. The van der Waals surface area contributed by atoms with Gasteiger partial charge in [-0.25, -0.2) is 0 Å². The molecule has 3 heteroatoms. The number of aromatic nitrogens is 1. The summed E-state index contributed by atoms with van der Waals surface area (Å²) in [6.07, 6.45) is 6.86. The highest BCUT2D eigenvalue weighted by Gasteiger charge is 2.22. The van der Waals surface area contributed by atoms with Crippen LogP contribution in [0.2, 0.25) is 0 Å². The van der Waals surface area contributed by atoms with E-state index >= 15 is 0 Å². The lowest BCUT2D eigenvalue weighted by Crippen LogP contribution is -2.10. The first-order valence-corrected chi connectivity index (χ1v) is 17.2. The molecule has 222 valence electrons. The van der Waals surface area contributed by atoms with Crippen molar-refractivity contribution in [3.05, 3.63) is 163 Å². The Morgan fingerprint density at radius 1 is 0.574 bits per heavy atom. The second-order valence-corrected chi connectivity index (χ2v) is 13.5. The summed E-state index contributed by atoms with van der Waals surface area (Å²) in [5.74, 6) is 0. The predicted octanol–water partition coefficient (Wildman–Crippen LogP) is 12.7. The van der Waals surface area contributed by atoms with E-state index in [2.05, 4.69) is 167 Å². The van der Waals surface area contributed by atoms with Gasteiger partial charge in [-0.2, -0.15) is 0 Å². The standard InChI is InChI=1S/C44H30N2S/c1-3-14-31(15-4-1)45(39-20-11-21-41-43(39)36-25-22-30-13-8-10-19-35(30)44(36)47-41)33-24-27-38-37(28-33)42-34-18-9-7-12-29(34)23-26-40(42)46(38)32-16-5-2-6-17-32/h1-6,8-11,13-28H,7,12H2. The molecular formula is C44H30N2S. The number of hydrogen-bond donors (Lipinski definition) is 0. The number of para-hydroxylation sites is 2. The molecule has 7 aromatic carbocycles. The molecule has 1 aliphatic rings. The van der Waals surface area contributed by atoms with Gasteiger partial charge in [0, 0.05) is 48.0 Å².